The van der Waals surface area contributed by atoms with Crippen molar-refractivity contribution < 1.29 is 37.5 Å². The Labute approximate surface area is 323 Å². The summed E-state index contributed by atoms with van der Waals surface area (Å²) in [5.41, 5.74) is -0.631. The summed E-state index contributed by atoms with van der Waals surface area (Å²) in [6, 6.07) is 27.6. The molecule has 4 aromatic rings. The minimum absolute atomic E-state index is 0.0266. The van der Waals surface area contributed by atoms with Crippen molar-refractivity contribution in [1.82, 2.24) is 9.55 Å². The van der Waals surface area contributed by atoms with E-state index in [0.29, 0.717) is 17.1 Å². The van der Waals surface area contributed by atoms with Gasteiger partial charge in [0.25, 0.3) is 14.5 Å². The molecule has 5 atom stereocenters. The van der Waals surface area contributed by atoms with Crippen molar-refractivity contribution in [2.45, 2.75) is 82.8 Å². The maximum absolute atomic E-state index is 13.3. The van der Waals surface area contributed by atoms with E-state index in [4.69, 9.17) is 33.0 Å². The zero-order valence-corrected chi connectivity index (χ0v) is 33.3. The standard InChI is InChI=1S/C41H49N4O9P/c1-27(2)45(28(3)4,52-23-11-22-42)55-54-36-35-38(44-24-29(5)37(46)43-39(44)47)53-40(36,25-50-35)26-51-41(30-12-9-8-10-13-30,31-14-18-33(48-6)19-15-31)32-16-20-34(49-7)21-17-32/h8-10,12-21,24,27-28,35-36,38,55H,11,23,25-26H2,1-7H3/p+1/t35-,36+,38+,40+/m0/s1. The topological polar surface area (TPSA) is 143 Å². The van der Waals surface area contributed by atoms with Gasteiger partial charge in [-0.3, -0.25) is 14.3 Å². The van der Waals surface area contributed by atoms with E-state index >= 15 is 0 Å². The molecule has 1 aromatic heterocycles. The number of hydrogen-bond donors (Lipinski definition) is 1. The first-order chi connectivity index (χ1) is 26.4. The van der Waals surface area contributed by atoms with Gasteiger partial charge < -0.3 is 28.2 Å². The maximum atomic E-state index is 13.3. The van der Waals surface area contributed by atoms with Gasteiger partial charge in [-0.1, -0.05) is 54.6 Å². The molecule has 0 amide bonds. The van der Waals surface area contributed by atoms with E-state index in [2.05, 4.69) is 38.7 Å². The second kappa shape index (κ2) is 16.8. The van der Waals surface area contributed by atoms with Gasteiger partial charge in [-0.05, 0) is 75.6 Å². The molecule has 2 saturated heterocycles. The van der Waals surface area contributed by atoms with Crippen LogP contribution in [0.25, 0.3) is 0 Å². The molecule has 3 aromatic carbocycles. The number of hydrogen-bond acceptors (Lipinski definition) is 10. The number of aryl methyl sites for hydroxylation is 1. The summed E-state index contributed by atoms with van der Waals surface area (Å²) in [4.78, 5) is 34.6. The summed E-state index contributed by atoms with van der Waals surface area (Å²) in [7, 11) is 3.01. The Morgan fingerprint density at radius 2 is 1.53 bits per heavy atom. The molecule has 2 aliphatic rings. The van der Waals surface area contributed by atoms with E-state index in [1.54, 1.807) is 21.1 Å². The highest BCUT2D eigenvalue weighted by Gasteiger charge is 2.65. The van der Waals surface area contributed by atoms with E-state index < -0.39 is 40.9 Å². The van der Waals surface area contributed by atoms with Crippen molar-refractivity contribution in [3.05, 3.63) is 128 Å². The lowest BCUT2D eigenvalue weighted by Gasteiger charge is -2.42. The van der Waals surface area contributed by atoms with Gasteiger partial charge in [0.2, 0.25) is 0 Å². The van der Waals surface area contributed by atoms with Crippen LogP contribution in [0.4, 0.5) is 0 Å². The van der Waals surface area contributed by atoms with Gasteiger partial charge in [0.15, 0.2) is 6.23 Å². The number of nitriles is 1. The number of fused-ring (bicyclic) bond motifs is 2. The van der Waals surface area contributed by atoms with E-state index in [1.165, 1.54) is 10.8 Å². The zero-order chi connectivity index (χ0) is 39.4. The van der Waals surface area contributed by atoms with Crippen LogP contribution >= 0.6 is 8.96 Å². The fourth-order valence-corrected chi connectivity index (χ4v) is 8.68. The van der Waals surface area contributed by atoms with Crippen molar-refractivity contribution in [2.24, 2.45) is 0 Å². The number of hydroxylamine groups is 2. The molecule has 1 N–H and O–H groups in total. The number of quaternary nitrogens is 1. The molecule has 13 nitrogen and oxygen atoms in total. The Morgan fingerprint density at radius 1 is 0.945 bits per heavy atom. The lowest BCUT2D eigenvalue weighted by molar-refractivity contribution is -1.04. The summed E-state index contributed by atoms with van der Waals surface area (Å²) < 4.78 is 40.3. The average molecular weight is 774 g/mol. The Morgan fingerprint density at radius 3 is 2.07 bits per heavy atom. The molecule has 0 saturated carbocycles. The molecule has 2 aliphatic heterocycles. The largest absolute Gasteiger partial charge is 0.497 e. The molecule has 3 heterocycles. The van der Waals surface area contributed by atoms with Crippen molar-refractivity contribution in [1.29, 1.82) is 5.26 Å². The van der Waals surface area contributed by atoms with Crippen LogP contribution in [0.1, 0.15) is 62.6 Å². The Kier molecular flexibility index (Phi) is 12.3. The smallest absolute Gasteiger partial charge is 0.330 e. The number of rotatable bonds is 17. The predicted molar refractivity (Wildman–Crippen MR) is 207 cm³/mol. The summed E-state index contributed by atoms with van der Waals surface area (Å²) in [6.45, 7) is 10.2. The molecule has 0 radical (unpaired) electrons. The van der Waals surface area contributed by atoms with Crippen molar-refractivity contribution >= 4 is 8.96 Å². The minimum Gasteiger partial charge on any atom is -0.497 e. The molecule has 292 valence electrons. The quantitative estimate of drug-likeness (QED) is 0.0596. The van der Waals surface area contributed by atoms with E-state index in [-0.39, 0.29) is 51.7 Å². The van der Waals surface area contributed by atoms with Gasteiger partial charge in [-0.25, -0.2) is 4.79 Å². The molecule has 1 unspecified atom stereocenters. The third kappa shape index (κ3) is 7.61. The van der Waals surface area contributed by atoms with Crippen LogP contribution in [0.3, 0.4) is 0 Å². The Balaban J connectivity index is 1.47. The normalized spacial score (nSPS) is 21.1. The summed E-state index contributed by atoms with van der Waals surface area (Å²) >= 11 is 0. The van der Waals surface area contributed by atoms with E-state index in [1.807, 2.05) is 78.9 Å². The predicted octanol–water partition coefficient (Wildman–Crippen LogP) is 5.91. The van der Waals surface area contributed by atoms with E-state index in [0.717, 1.165) is 16.7 Å². The molecule has 0 spiro atoms. The first-order valence-corrected chi connectivity index (χ1v) is 19.2. The SMILES string of the molecule is COc1ccc(C(OC[C@@]23CO[C@H]([C@H](n4cc(C)c(=O)[nH]c4=O)O2)[C@H]3OP[N+](OCCC#N)(C(C)C)C(C)C)(c2ccccc2)c2ccc(OC)cc2)cc1. The molecule has 55 heavy (non-hydrogen) atoms. The number of H-pyrrole nitrogens is 1. The Bertz CT molecular complexity index is 2010. The zero-order valence-electron chi connectivity index (χ0n) is 32.3. The average Bonchev–Trinajstić information content (AvgIpc) is 3.70. The summed E-state index contributed by atoms with van der Waals surface area (Å²) in [5.74, 6) is 1.39. The van der Waals surface area contributed by atoms with Gasteiger partial charge in [0.05, 0.1) is 39.9 Å². The van der Waals surface area contributed by atoms with Gasteiger partial charge >= 0.3 is 5.69 Å². The van der Waals surface area contributed by atoms with Crippen LogP contribution in [0.5, 0.6) is 11.5 Å². The van der Waals surface area contributed by atoms with Crippen LogP contribution in [0.2, 0.25) is 0 Å². The lowest BCUT2D eigenvalue weighted by Crippen LogP contribution is -2.53. The maximum Gasteiger partial charge on any atom is 0.330 e. The molecule has 6 rings (SSSR count). The minimum atomic E-state index is -1.22. The van der Waals surface area contributed by atoms with Crippen LogP contribution in [0.15, 0.2) is 94.6 Å². The third-order valence-electron chi connectivity index (χ3n) is 10.5. The number of nitrogens with one attached hydrogen (secondary N) is 1. The fraction of sp³-hybridized carbons (Fsp3) is 0.439. The van der Waals surface area contributed by atoms with Crippen molar-refractivity contribution in [3.63, 3.8) is 0 Å². The third-order valence-corrected chi connectivity index (χ3v) is 12.3. The van der Waals surface area contributed by atoms with E-state index in [9.17, 15) is 14.9 Å². The molecule has 14 heteroatoms. The summed E-state index contributed by atoms with van der Waals surface area (Å²) in [5, 5.41) is 9.30. The fourth-order valence-electron chi connectivity index (χ4n) is 7.49. The van der Waals surface area contributed by atoms with Gasteiger partial charge in [-0.15, -0.1) is 4.42 Å². The van der Waals surface area contributed by atoms with Crippen LogP contribution in [-0.4, -0.2) is 77.9 Å². The lowest BCUT2D eigenvalue weighted by atomic mass is 9.79. The second-order valence-electron chi connectivity index (χ2n) is 14.4. The highest BCUT2D eigenvalue weighted by molar-refractivity contribution is 7.25. The Hall–Kier alpha value is -4.38. The van der Waals surface area contributed by atoms with Gasteiger partial charge in [0, 0.05) is 11.8 Å². The highest BCUT2D eigenvalue weighted by Crippen LogP contribution is 2.52. The van der Waals surface area contributed by atoms with Crippen LogP contribution < -0.4 is 20.7 Å². The molecular weight excluding hydrogens is 723 g/mol. The van der Waals surface area contributed by atoms with Crippen molar-refractivity contribution in [3.8, 4) is 17.6 Å². The number of nitrogens with zero attached hydrogens (tertiary/aromatic N) is 3. The molecule has 0 aliphatic carbocycles. The molecule has 2 fully saturated rings. The summed E-state index contributed by atoms with van der Waals surface area (Å²) in [6.07, 6.45) is -0.699. The van der Waals surface area contributed by atoms with Crippen molar-refractivity contribution in [2.75, 3.05) is 34.0 Å². The number of methoxy groups -OCH3 is 2. The number of ether oxygens (including phenoxy) is 5. The molecular formula is C41H50N4O9P+. The number of aromatic amines is 1. The monoisotopic (exact) mass is 773 g/mol. The van der Waals surface area contributed by atoms with Gasteiger partial charge in [0.1, 0.15) is 53.6 Å². The number of aromatic nitrogens is 2. The van der Waals surface area contributed by atoms with Crippen LogP contribution in [0, 0.1) is 18.3 Å². The number of benzene rings is 3. The first-order valence-electron chi connectivity index (χ1n) is 18.4. The second-order valence-corrected chi connectivity index (χ2v) is 15.5. The molecule has 2 bridgehead atoms. The highest BCUT2D eigenvalue weighted by atomic mass is 31.1. The van der Waals surface area contributed by atoms with Crippen LogP contribution in [-0.2, 0) is 29.2 Å². The first kappa shape index (κ1) is 40.3. The van der Waals surface area contributed by atoms with Gasteiger partial charge in [-0.2, -0.15) is 10.1 Å².